The van der Waals surface area contributed by atoms with Crippen molar-refractivity contribution < 1.29 is 0 Å². The van der Waals surface area contributed by atoms with E-state index in [0.717, 1.165) is 18.5 Å². The Bertz CT molecular complexity index is 357. The zero-order valence-electron chi connectivity index (χ0n) is 8.91. The summed E-state index contributed by atoms with van der Waals surface area (Å²) < 4.78 is 1.71. The van der Waals surface area contributed by atoms with Crippen LogP contribution in [0.1, 0.15) is 44.5 Å². The van der Waals surface area contributed by atoms with Gasteiger partial charge >= 0.3 is 0 Å². The second kappa shape index (κ2) is 4.14. The highest BCUT2D eigenvalue weighted by Gasteiger charge is 2.15. The molecule has 0 saturated carbocycles. The molecule has 1 aromatic rings. The number of aromatic nitrogens is 2. The topological polar surface area (TPSA) is 67.6 Å². The van der Waals surface area contributed by atoms with Crippen LogP contribution in [-0.2, 0) is 6.42 Å². The van der Waals surface area contributed by atoms with Gasteiger partial charge in [-0.05, 0) is 20.3 Å². The number of rotatable bonds is 3. The Morgan fingerprint density at radius 1 is 1.57 bits per heavy atom. The molecule has 4 heteroatoms. The van der Waals surface area contributed by atoms with Crippen LogP contribution in [0.4, 0.5) is 5.82 Å². The predicted molar refractivity (Wildman–Crippen MR) is 55.7 cm³/mol. The predicted octanol–water partition coefficient (Wildman–Crippen LogP) is 1.87. The first-order valence-corrected chi connectivity index (χ1v) is 4.88. The quantitative estimate of drug-likeness (QED) is 0.794. The Kier molecular flexibility index (Phi) is 3.13. The highest BCUT2D eigenvalue weighted by molar-refractivity contribution is 5.52. The first kappa shape index (κ1) is 10.6. The number of hydrogen-bond donors (Lipinski definition) is 1. The second-order valence-corrected chi connectivity index (χ2v) is 3.61. The van der Waals surface area contributed by atoms with Crippen molar-refractivity contribution >= 4 is 5.82 Å². The van der Waals surface area contributed by atoms with Gasteiger partial charge in [0.1, 0.15) is 17.5 Å². The van der Waals surface area contributed by atoms with Crippen LogP contribution in [-0.4, -0.2) is 9.78 Å². The molecule has 0 radical (unpaired) electrons. The molecule has 1 heterocycles. The summed E-state index contributed by atoms with van der Waals surface area (Å²) in [4.78, 5) is 0. The number of aryl methyl sites for hydroxylation is 1. The number of nitrogen functional groups attached to an aromatic ring is 1. The molecule has 4 nitrogen and oxygen atoms in total. The third kappa shape index (κ3) is 1.72. The van der Waals surface area contributed by atoms with E-state index in [4.69, 9.17) is 11.0 Å². The Morgan fingerprint density at radius 3 is 2.64 bits per heavy atom. The van der Waals surface area contributed by atoms with Gasteiger partial charge < -0.3 is 5.73 Å². The minimum absolute atomic E-state index is 0.202. The van der Waals surface area contributed by atoms with E-state index < -0.39 is 0 Å². The number of nitrogens with zero attached hydrogens (tertiary/aromatic N) is 3. The average molecular weight is 192 g/mol. The van der Waals surface area contributed by atoms with Crippen LogP contribution in [0.25, 0.3) is 0 Å². The fraction of sp³-hybridized carbons (Fsp3) is 0.600. The van der Waals surface area contributed by atoms with Gasteiger partial charge in [-0.3, -0.25) is 0 Å². The van der Waals surface area contributed by atoms with E-state index in [1.807, 2.05) is 13.8 Å². The molecule has 14 heavy (non-hydrogen) atoms. The molecule has 0 fully saturated rings. The van der Waals surface area contributed by atoms with Crippen LogP contribution in [0.2, 0.25) is 0 Å². The lowest BCUT2D eigenvalue weighted by Crippen LogP contribution is -2.07. The summed E-state index contributed by atoms with van der Waals surface area (Å²) in [7, 11) is 0. The molecule has 1 rings (SSSR count). The van der Waals surface area contributed by atoms with Gasteiger partial charge in [-0.2, -0.15) is 10.4 Å². The minimum atomic E-state index is 0.202. The number of nitriles is 1. The number of hydrogen-bond acceptors (Lipinski definition) is 3. The first-order valence-electron chi connectivity index (χ1n) is 4.88. The van der Waals surface area contributed by atoms with Gasteiger partial charge in [0.25, 0.3) is 0 Å². The number of nitrogens with two attached hydrogens (primary N) is 1. The molecule has 0 aliphatic rings. The van der Waals surface area contributed by atoms with Crippen LogP contribution in [0.3, 0.4) is 0 Å². The maximum absolute atomic E-state index is 8.94. The monoisotopic (exact) mass is 192 g/mol. The average Bonchev–Trinajstić information content (AvgIpc) is 2.43. The van der Waals surface area contributed by atoms with Crippen molar-refractivity contribution in [2.45, 2.75) is 39.7 Å². The lowest BCUT2D eigenvalue weighted by atomic mass is 10.2. The highest BCUT2D eigenvalue weighted by Crippen LogP contribution is 2.20. The van der Waals surface area contributed by atoms with Gasteiger partial charge in [-0.15, -0.1) is 0 Å². The summed E-state index contributed by atoms with van der Waals surface area (Å²) in [5, 5.41) is 13.3. The second-order valence-electron chi connectivity index (χ2n) is 3.61. The first-order chi connectivity index (χ1) is 6.61. The van der Waals surface area contributed by atoms with E-state index in [2.05, 4.69) is 18.1 Å². The van der Waals surface area contributed by atoms with Gasteiger partial charge in [0, 0.05) is 6.04 Å². The van der Waals surface area contributed by atoms with E-state index in [-0.39, 0.29) is 6.04 Å². The van der Waals surface area contributed by atoms with Gasteiger partial charge in [-0.25, -0.2) is 4.68 Å². The molecule has 0 unspecified atom stereocenters. The third-order valence-corrected chi connectivity index (χ3v) is 2.11. The largest absolute Gasteiger partial charge is 0.383 e. The third-order valence-electron chi connectivity index (χ3n) is 2.11. The number of anilines is 1. The normalized spacial score (nSPS) is 10.5. The van der Waals surface area contributed by atoms with Gasteiger partial charge in [0.15, 0.2) is 0 Å². The Morgan fingerprint density at radius 2 is 2.21 bits per heavy atom. The molecule has 0 aromatic carbocycles. The van der Waals surface area contributed by atoms with Crippen molar-refractivity contribution in [3.8, 4) is 6.07 Å². The summed E-state index contributed by atoms with van der Waals surface area (Å²) in [6.07, 6.45) is 1.79. The maximum atomic E-state index is 8.94. The smallest absolute Gasteiger partial charge is 0.140 e. The molecule has 2 N–H and O–H groups in total. The SMILES string of the molecule is CCCc1nn(C(C)C)c(N)c1C#N. The lowest BCUT2D eigenvalue weighted by molar-refractivity contribution is 0.533. The minimum Gasteiger partial charge on any atom is -0.383 e. The molecule has 0 bridgehead atoms. The highest BCUT2D eigenvalue weighted by atomic mass is 15.3. The maximum Gasteiger partial charge on any atom is 0.140 e. The van der Waals surface area contributed by atoms with Crippen LogP contribution in [0.5, 0.6) is 0 Å². The molecule has 0 atom stereocenters. The van der Waals surface area contributed by atoms with Crippen molar-refractivity contribution in [1.82, 2.24) is 9.78 Å². The van der Waals surface area contributed by atoms with Crippen LogP contribution < -0.4 is 5.73 Å². The van der Waals surface area contributed by atoms with Gasteiger partial charge in [-0.1, -0.05) is 13.3 Å². The Balaban J connectivity index is 3.19. The van der Waals surface area contributed by atoms with Gasteiger partial charge in [0.05, 0.1) is 5.69 Å². The van der Waals surface area contributed by atoms with E-state index in [1.54, 1.807) is 4.68 Å². The molecular weight excluding hydrogens is 176 g/mol. The Labute approximate surface area is 84.3 Å². The fourth-order valence-electron chi connectivity index (χ4n) is 1.42. The summed E-state index contributed by atoms with van der Waals surface area (Å²) >= 11 is 0. The molecule has 0 amide bonds. The summed E-state index contributed by atoms with van der Waals surface area (Å²) in [6, 6.07) is 2.32. The molecule has 0 spiro atoms. The van der Waals surface area contributed by atoms with Gasteiger partial charge in [0.2, 0.25) is 0 Å². The van der Waals surface area contributed by atoms with Crippen LogP contribution in [0, 0.1) is 11.3 Å². The molecule has 76 valence electrons. The van der Waals surface area contributed by atoms with E-state index in [0.29, 0.717) is 11.4 Å². The summed E-state index contributed by atoms with van der Waals surface area (Å²) in [6.45, 7) is 6.06. The molecule has 1 aromatic heterocycles. The van der Waals surface area contributed by atoms with E-state index in [1.165, 1.54) is 0 Å². The van der Waals surface area contributed by atoms with Crippen molar-refractivity contribution in [2.24, 2.45) is 0 Å². The fourth-order valence-corrected chi connectivity index (χ4v) is 1.42. The lowest BCUT2D eigenvalue weighted by Gasteiger charge is -2.06. The van der Waals surface area contributed by atoms with Crippen LogP contribution >= 0.6 is 0 Å². The summed E-state index contributed by atoms with van der Waals surface area (Å²) in [5.41, 5.74) is 7.19. The Hall–Kier alpha value is -1.50. The van der Waals surface area contributed by atoms with Crippen molar-refractivity contribution in [3.63, 3.8) is 0 Å². The zero-order valence-corrected chi connectivity index (χ0v) is 8.91. The molecule has 0 saturated heterocycles. The molecule has 0 aliphatic heterocycles. The van der Waals surface area contributed by atoms with Crippen molar-refractivity contribution in [2.75, 3.05) is 5.73 Å². The van der Waals surface area contributed by atoms with Crippen molar-refractivity contribution in [3.05, 3.63) is 11.3 Å². The molecule has 0 aliphatic carbocycles. The summed E-state index contributed by atoms with van der Waals surface area (Å²) in [5.74, 6) is 0.492. The van der Waals surface area contributed by atoms with E-state index in [9.17, 15) is 0 Å². The van der Waals surface area contributed by atoms with Crippen molar-refractivity contribution in [1.29, 1.82) is 5.26 Å². The zero-order chi connectivity index (χ0) is 10.7. The molecular formula is C10H16N4. The van der Waals surface area contributed by atoms with Crippen LogP contribution in [0.15, 0.2) is 0 Å². The standard InChI is InChI=1S/C10H16N4/c1-4-5-9-8(6-11)10(12)14(13-9)7(2)3/h7H,4-5,12H2,1-3H3. The van der Waals surface area contributed by atoms with E-state index >= 15 is 0 Å².